The lowest BCUT2D eigenvalue weighted by atomic mass is 9.89. The number of nitrogens with zero attached hydrogens (tertiary/aromatic N) is 1. The minimum atomic E-state index is 0.0699. The molecule has 1 aliphatic carbocycles. The second-order valence-corrected chi connectivity index (χ2v) is 6.97. The fourth-order valence-corrected chi connectivity index (χ4v) is 4.04. The van der Waals surface area contributed by atoms with Gasteiger partial charge < -0.3 is 14.2 Å². The van der Waals surface area contributed by atoms with Crippen LogP contribution in [0.3, 0.4) is 0 Å². The summed E-state index contributed by atoms with van der Waals surface area (Å²) in [6.07, 6.45) is 8.66. The molecular formula is C18H18N2O3S. The molecular weight excluding hydrogens is 324 g/mol. The van der Waals surface area contributed by atoms with Gasteiger partial charge in [-0.1, -0.05) is 30.6 Å². The number of hydrogen-bond acceptors (Lipinski definition) is 5. The molecule has 124 valence electrons. The second kappa shape index (κ2) is 6.65. The molecule has 4 rings (SSSR count). The van der Waals surface area contributed by atoms with Crippen molar-refractivity contribution >= 4 is 22.4 Å². The zero-order valence-electron chi connectivity index (χ0n) is 13.2. The Hall–Kier alpha value is -2.34. The van der Waals surface area contributed by atoms with E-state index < -0.39 is 0 Å². The average Bonchev–Trinajstić information content (AvgIpc) is 3.36. The van der Waals surface area contributed by atoms with Crippen molar-refractivity contribution < 1.29 is 13.6 Å². The first-order valence-electron chi connectivity index (χ1n) is 8.21. The maximum atomic E-state index is 12.5. The standard InChI is InChI=1S/C18H18N2O3S/c21-17(12-6-2-1-3-7-12)20-18-19-15(13-8-4-10-22-13)16(24-18)14-9-5-11-23-14/h4-5,8-12H,1-3,6-7H2,(H,19,20,21). The summed E-state index contributed by atoms with van der Waals surface area (Å²) < 4.78 is 11.0. The fraction of sp³-hybridized carbons (Fsp3) is 0.333. The van der Waals surface area contributed by atoms with Crippen LogP contribution in [0.2, 0.25) is 0 Å². The highest BCUT2D eigenvalue weighted by molar-refractivity contribution is 7.19. The van der Waals surface area contributed by atoms with Gasteiger partial charge in [0, 0.05) is 5.92 Å². The number of carbonyl (C=O) groups is 1. The number of nitrogens with one attached hydrogen (secondary N) is 1. The molecule has 5 nitrogen and oxygen atoms in total. The van der Waals surface area contributed by atoms with Gasteiger partial charge in [-0.2, -0.15) is 0 Å². The van der Waals surface area contributed by atoms with E-state index in [0.717, 1.165) is 36.3 Å². The van der Waals surface area contributed by atoms with Crippen LogP contribution in [0.1, 0.15) is 32.1 Å². The van der Waals surface area contributed by atoms with Gasteiger partial charge in [0.25, 0.3) is 0 Å². The van der Waals surface area contributed by atoms with E-state index in [-0.39, 0.29) is 11.8 Å². The third-order valence-electron chi connectivity index (χ3n) is 4.33. The molecule has 0 unspecified atom stereocenters. The molecule has 0 aromatic carbocycles. The van der Waals surface area contributed by atoms with E-state index in [1.165, 1.54) is 17.8 Å². The minimum Gasteiger partial charge on any atom is -0.463 e. The molecule has 1 saturated carbocycles. The Morgan fingerprint density at radius 3 is 2.46 bits per heavy atom. The van der Waals surface area contributed by atoms with Gasteiger partial charge in [-0.05, 0) is 37.1 Å². The lowest BCUT2D eigenvalue weighted by Crippen LogP contribution is -2.24. The predicted octanol–water partition coefficient (Wildman–Crippen LogP) is 5.18. The molecule has 1 fully saturated rings. The first-order valence-corrected chi connectivity index (χ1v) is 9.02. The van der Waals surface area contributed by atoms with Gasteiger partial charge in [0.05, 0.1) is 12.5 Å². The first-order chi connectivity index (χ1) is 11.8. The summed E-state index contributed by atoms with van der Waals surface area (Å²) in [5, 5.41) is 3.57. The molecule has 1 amide bonds. The van der Waals surface area contributed by atoms with Gasteiger partial charge in [-0.3, -0.25) is 4.79 Å². The van der Waals surface area contributed by atoms with Crippen molar-refractivity contribution in [3.05, 3.63) is 36.8 Å². The van der Waals surface area contributed by atoms with E-state index in [2.05, 4.69) is 10.3 Å². The molecule has 6 heteroatoms. The summed E-state index contributed by atoms with van der Waals surface area (Å²) in [6, 6.07) is 7.39. The van der Waals surface area contributed by atoms with Crippen LogP contribution in [0.4, 0.5) is 5.13 Å². The highest BCUT2D eigenvalue weighted by Crippen LogP contribution is 2.39. The van der Waals surface area contributed by atoms with Crippen molar-refractivity contribution in [2.75, 3.05) is 5.32 Å². The number of thiazole rings is 1. The summed E-state index contributed by atoms with van der Waals surface area (Å²) in [4.78, 5) is 17.9. The largest absolute Gasteiger partial charge is 0.463 e. The van der Waals surface area contributed by atoms with Crippen LogP contribution in [0.5, 0.6) is 0 Å². The molecule has 0 atom stereocenters. The molecule has 3 heterocycles. The van der Waals surface area contributed by atoms with Crippen molar-refractivity contribution in [2.24, 2.45) is 5.92 Å². The molecule has 0 bridgehead atoms. The Kier molecular flexibility index (Phi) is 4.21. The van der Waals surface area contributed by atoms with Crippen LogP contribution in [0.15, 0.2) is 45.6 Å². The van der Waals surface area contributed by atoms with Gasteiger partial charge in [-0.25, -0.2) is 4.98 Å². The van der Waals surface area contributed by atoms with Crippen LogP contribution in [-0.2, 0) is 4.79 Å². The third-order valence-corrected chi connectivity index (χ3v) is 5.32. The molecule has 3 aromatic heterocycles. The normalized spacial score (nSPS) is 15.5. The second-order valence-electron chi connectivity index (χ2n) is 5.98. The van der Waals surface area contributed by atoms with E-state index >= 15 is 0 Å². The van der Waals surface area contributed by atoms with E-state index in [1.54, 1.807) is 12.5 Å². The SMILES string of the molecule is O=C(Nc1nc(-c2ccco2)c(-c2ccco2)s1)C1CCCCC1. The van der Waals surface area contributed by atoms with Gasteiger partial charge in [0.2, 0.25) is 5.91 Å². The van der Waals surface area contributed by atoms with Gasteiger partial charge >= 0.3 is 0 Å². The van der Waals surface area contributed by atoms with Crippen molar-refractivity contribution in [1.82, 2.24) is 4.98 Å². The van der Waals surface area contributed by atoms with E-state index in [4.69, 9.17) is 8.83 Å². The zero-order valence-corrected chi connectivity index (χ0v) is 14.0. The Bertz CT molecular complexity index is 748. The number of aromatic nitrogens is 1. The molecule has 0 radical (unpaired) electrons. The maximum absolute atomic E-state index is 12.5. The highest BCUT2D eigenvalue weighted by atomic mass is 32.1. The van der Waals surface area contributed by atoms with Crippen LogP contribution in [0, 0.1) is 5.92 Å². The van der Waals surface area contributed by atoms with Gasteiger partial charge in [-0.15, -0.1) is 0 Å². The molecule has 1 aliphatic rings. The fourth-order valence-electron chi connectivity index (χ4n) is 3.10. The van der Waals surface area contributed by atoms with E-state index in [1.807, 2.05) is 24.3 Å². The monoisotopic (exact) mass is 342 g/mol. The molecule has 3 aromatic rings. The van der Waals surface area contributed by atoms with Crippen molar-refractivity contribution in [3.8, 4) is 22.1 Å². The number of amides is 1. The van der Waals surface area contributed by atoms with Crippen LogP contribution < -0.4 is 5.32 Å². The molecule has 0 aliphatic heterocycles. The lowest BCUT2D eigenvalue weighted by Gasteiger charge is -2.19. The van der Waals surface area contributed by atoms with Crippen molar-refractivity contribution in [3.63, 3.8) is 0 Å². The third kappa shape index (κ3) is 3.01. The molecule has 0 spiro atoms. The first kappa shape index (κ1) is 15.2. The topological polar surface area (TPSA) is 68.3 Å². The Morgan fingerprint density at radius 1 is 1.08 bits per heavy atom. The number of carbonyl (C=O) groups excluding carboxylic acids is 1. The van der Waals surface area contributed by atoms with E-state index in [9.17, 15) is 4.79 Å². The maximum Gasteiger partial charge on any atom is 0.229 e. The smallest absolute Gasteiger partial charge is 0.229 e. The lowest BCUT2D eigenvalue weighted by molar-refractivity contribution is -0.120. The van der Waals surface area contributed by atoms with Gasteiger partial charge in [0.15, 0.2) is 10.9 Å². The summed E-state index contributed by atoms with van der Waals surface area (Å²) in [7, 11) is 0. The van der Waals surface area contributed by atoms with Crippen LogP contribution in [-0.4, -0.2) is 10.9 Å². The number of anilines is 1. The molecule has 1 N–H and O–H groups in total. The Morgan fingerprint density at radius 2 is 1.79 bits per heavy atom. The van der Waals surface area contributed by atoms with Gasteiger partial charge in [0.1, 0.15) is 16.3 Å². The predicted molar refractivity (Wildman–Crippen MR) is 92.7 cm³/mol. The highest BCUT2D eigenvalue weighted by Gasteiger charge is 2.24. The number of rotatable bonds is 4. The summed E-state index contributed by atoms with van der Waals surface area (Å²) in [6.45, 7) is 0. The zero-order chi connectivity index (χ0) is 16.4. The summed E-state index contributed by atoms with van der Waals surface area (Å²) in [5.74, 6) is 1.55. The quantitative estimate of drug-likeness (QED) is 0.709. The average molecular weight is 342 g/mol. The van der Waals surface area contributed by atoms with Crippen molar-refractivity contribution in [1.29, 1.82) is 0 Å². The molecule has 0 saturated heterocycles. The summed E-state index contributed by atoms with van der Waals surface area (Å²) in [5.41, 5.74) is 0.693. The van der Waals surface area contributed by atoms with Crippen LogP contribution in [0.25, 0.3) is 22.1 Å². The molecule has 24 heavy (non-hydrogen) atoms. The number of furan rings is 2. The van der Waals surface area contributed by atoms with Crippen molar-refractivity contribution in [2.45, 2.75) is 32.1 Å². The Labute approximate surface area is 143 Å². The minimum absolute atomic E-state index is 0.0699. The van der Waals surface area contributed by atoms with Crippen LogP contribution >= 0.6 is 11.3 Å². The Balaban J connectivity index is 1.62. The summed E-state index contributed by atoms with van der Waals surface area (Å²) >= 11 is 1.41. The van der Waals surface area contributed by atoms with E-state index in [0.29, 0.717) is 16.6 Å². The number of hydrogen-bond donors (Lipinski definition) is 1.